The van der Waals surface area contributed by atoms with Gasteiger partial charge in [-0.05, 0) is 109 Å². The van der Waals surface area contributed by atoms with Gasteiger partial charge in [0.1, 0.15) is 0 Å². The highest BCUT2D eigenvalue weighted by Crippen LogP contribution is 2.77. The first-order valence-electron chi connectivity index (χ1n) is 14.2. The molecule has 0 amide bonds. The lowest BCUT2D eigenvalue weighted by molar-refractivity contribution is -0.268. The number of aliphatic carboxylic acids is 1. The Balaban J connectivity index is 1.57. The van der Waals surface area contributed by atoms with Gasteiger partial charge in [0, 0.05) is 5.92 Å². The van der Waals surface area contributed by atoms with E-state index in [1.165, 1.54) is 0 Å². The largest absolute Gasteiger partial charge is 0.481 e. The number of hydrogen-bond donors (Lipinski definition) is 3. The van der Waals surface area contributed by atoms with Gasteiger partial charge in [-0.1, -0.05) is 48.5 Å². The van der Waals surface area contributed by atoms with Crippen molar-refractivity contribution in [1.29, 1.82) is 0 Å². The smallest absolute Gasteiger partial charge is 0.310 e. The maximum absolute atomic E-state index is 12.8. The van der Waals surface area contributed by atoms with Gasteiger partial charge >= 0.3 is 5.97 Å². The summed E-state index contributed by atoms with van der Waals surface area (Å²) >= 11 is 0. The van der Waals surface area contributed by atoms with Crippen molar-refractivity contribution in [3.05, 3.63) is 0 Å². The lowest BCUT2D eigenvalue weighted by Gasteiger charge is -2.73. The highest BCUT2D eigenvalue weighted by molar-refractivity contribution is 5.76. The van der Waals surface area contributed by atoms with Gasteiger partial charge < -0.3 is 15.3 Å². The summed E-state index contributed by atoms with van der Waals surface area (Å²) in [6, 6.07) is 0. The van der Waals surface area contributed by atoms with Crippen LogP contribution >= 0.6 is 0 Å². The first-order valence-corrected chi connectivity index (χ1v) is 14.2. The first-order chi connectivity index (χ1) is 15.6. The van der Waals surface area contributed by atoms with E-state index in [0.717, 1.165) is 51.4 Å². The molecule has 4 nitrogen and oxygen atoms in total. The average Bonchev–Trinajstić information content (AvgIpc) is 2.74. The van der Waals surface area contributed by atoms with E-state index >= 15 is 0 Å². The molecule has 0 saturated heterocycles. The molecule has 0 spiro atoms. The van der Waals surface area contributed by atoms with Gasteiger partial charge in [0.25, 0.3) is 0 Å². The molecule has 3 N–H and O–H groups in total. The number of fused-ring (bicyclic) bond motifs is 7. The molecular formula is C30H50O4. The van der Waals surface area contributed by atoms with E-state index in [9.17, 15) is 20.1 Å². The van der Waals surface area contributed by atoms with Crippen molar-refractivity contribution in [1.82, 2.24) is 0 Å². The van der Waals surface area contributed by atoms with Crippen LogP contribution in [-0.2, 0) is 4.79 Å². The third-order valence-corrected chi connectivity index (χ3v) is 13.9. The minimum absolute atomic E-state index is 0.0438. The van der Waals surface area contributed by atoms with Crippen LogP contribution in [0.2, 0.25) is 0 Å². The highest BCUT2D eigenvalue weighted by Gasteiger charge is 2.72. The Labute approximate surface area is 207 Å². The van der Waals surface area contributed by atoms with Crippen LogP contribution in [-0.4, -0.2) is 33.5 Å². The van der Waals surface area contributed by atoms with Crippen molar-refractivity contribution in [2.75, 3.05) is 0 Å². The summed E-state index contributed by atoms with van der Waals surface area (Å²) < 4.78 is 0. The predicted molar refractivity (Wildman–Crippen MR) is 134 cm³/mol. The third kappa shape index (κ3) is 2.82. The summed E-state index contributed by atoms with van der Waals surface area (Å²) in [6.45, 7) is 16.4. The maximum atomic E-state index is 12.8. The molecule has 34 heavy (non-hydrogen) atoms. The number of carboxylic acid groups (broad SMARTS) is 1. The fourth-order valence-electron chi connectivity index (χ4n) is 11.4. The van der Waals surface area contributed by atoms with Crippen LogP contribution in [0, 0.1) is 56.2 Å². The first kappa shape index (κ1) is 25.1. The molecule has 0 aliphatic heterocycles. The van der Waals surface area contributed by atoms with Crippen LogP contribution < -0.4 is 0 Å². The van der Waals surface area contributed by atoms with Crippen molar-refractivity contribution >= 4 is 5.97 Å². The standard InChI is InChI=1S/C30H50O4/c1-25(2)14-16-30(24(33)34)17-15-28(6)18(22(30)23(25)32)8-9-20-27(5)12-11-21(31)26(3,4)19(27)10-13-29(20,28)7/h18-23,31-32H,8-17H2,1-7H3,(H,33,34)/t18-,19+,20-,21+,22+,23-,27+,28-,29-,30+/m1/s1. The van der Waals surface area contributed by atoms with Crippen molar-refractivity contribution in [2.24, 2.45) is 56.2 Å². The molecule has 4 heteroatoms. The summed E-state index contributed by atoms with van der Waals surface area (Å²) in [5.41, 5.74) is -0.642. The number of carbonyl (C=O) groups is 1. The summed E-state index contributed by atoms with van der Waals surface area (Å²) in [5.74, 6) is 0.566. The van der Waals surface area contributed by atoms with E-state index in [2.05, 4.69) is 48.5 Å². The highest BCUT2D eigenvalue weighted by atomic mass is 16.4. The molecule has 0 aromatic carbocycles. The number of aliphatic hydroxyl groups excluding tert-OH is 2. The topological polar surface area (TPSA) is 77.8 Å². The van der Waals surface area contributed by atoms with Gasteiger partial charge in [0.15, 0.2) is 0 Å². The van der Waals surface area contributed by atoms with Crippen LogP contribution in [0.1, 0.15) is 113 Å². The number of rotatable bonds is 1. The second-order valence-electron chi connectivity index (χ2n) is 15.5. The van der Waals surface area contributed by atoms with E-state index in [0.29, 0.717) is 24.7 Å². The van der Waals surface area contributed by atoms with Crippen LogP contribution in [0.25, 0.3) is 0 Å². The molecule has 0 bridgehead atoms. The molecule has 194 valence electrons. The third-order valence-electron chi connectivity index (χ3n) is 13.9. The zero-order valence-electron chi connectivity index (χ0n) is 22.8. The second-order valence-corrected chi connectivity index (χ2v) is 15.5. The molecule has 5 saturated carbocycles. The van der Waals surface area contributed by atoms with Crippen LogP contribution in [0.4, 0.5) is 0 Å². The number of aliphatic hydroxyl groups is 2. The monoisotopic (exact) mass is 474 g/mol. The normalized spacial score (nSPS) is 55.8. The van der Waals surface area contributed by atoms with Gasteiger partial charge in [-0.15, -0.1) is 0 Å². The van der Waals surface area contributed by atoms with E-state index in [-0.39, 0.29) is 45.0 Å². The lowest BCUT2D eigenvalue weighted by atomic mass is 9.31. The van der Waals surface area contributed by atoms with Gasteiger partial charge in [-0.3, -0.25) is 4.79 Å². The van der Waals surface area contributed by atoms with Gasteiger partial charge in [-0.2, -0.15) is 0 Å². The Morgan fingerprint density at radius 1 is 0.706 bits per heavy atom. The summed E-state index contributed by atoms with van der Waals surface area (Å²) in [6.07, 6.45) is 8.87. The Bertz CT molecular complexity index is 864. The molecule has 5 rings (SSSR count). The van der Waals surface area contributed by atoms with Gasteiger partial charge in [-0.25, -0.2) is 0 Å². The average molecular weight is 475 g/mol. The van der Waals surface area contributed by atoms with Crippen molar-refractivity contribution < 1.29 is 20.1 Å². The molecule has 0 aromatic heterocycles. The Hall–Kier alpha value is -0.610. The SMILES string of the molecule is CC1(C)CC[C@]2(C(=O)O)CC[C@]3(C)[C@H](CC[C@@H]4[C@@]5(C)CC[C@H](O)C(C)(C)[C@@H]5CC[C@]43C)[C@H]2[C@H]1O. The van der Waals surface area contributed by atoms with Crippen LogP contribution in [0.5, 0.6) is 0 Å². The summed E-state index contributed by atoms with van der Waals surface area (Å²) in [5, 5.41) is 33.1. The molecule has 0 unspecified atom stereocenters. The van der Waals surface area contributed by atoms with Crippen LogP contribution in [0.15, 0.2) is 0 Å². The van der Waals surface area contributed by atoms with E-state index in [1.807, 2.05) is 0 Å². The predicted octanol–water partition coefficient (Wildman–Crippen LogP) is 6.28. The minimum atomic E-state index is -0.764. The molecule has 0 aromatic rings. The van der Waals surface area contributed by atoms with Crippen molar-refractivity contribution in [3.63, 3.8) is 0 Å². The fraction of sp³-hybridized carbons (Fsp3) is 0.967. The Morgan fingerprint density at radius 3 is 2.00 bits per heavy atom. The Morgan fingerprint density at radius 2 is 1.35 bits per heavy atom. The van der Waals surface area contributed by atoms with Gasteiger partial charge in [0.05, 0.1) is 17.6 Å². The summed E-state index contributed by atoms with van der Waals surface area (Å²) in [4.78, 5) is 12.8. The molecule has 5 aliphatic carbocycles. The Kier molecular flexibility index (Phi) is 5.34. The van der Waals surface area contributed by atoms with Gasteiger partial charge in [0.2, 0.25) is 0 Å². The number of hydrogen-bond acceptors (Lipinski definition) is 3. The quantitative estimate of drug-likeness (QED) is 0.418. The number of carboxylic acids is 1. The van der Waals surface area contributed by atoms with E-state index in [4.69, 9.17) is 0 Å². The molecule has 5 fully saturated rings. The molecular weight excluding hydrogens is 424 g/mol. The zero-order chi connectivity index (χ0) is 25.1. The van der Waals surface area contributed by atoms with Crippen LogP contribution in [0.3, 0.4) is 0 Å². The molecule has 0 heterocycles. The minimum Gasteiger partial charge on any atom is -0.481 e. The second kappa shape index (κ2) is 7.24. The van der Waals surface area contributed by atoms with E-state index < -0.39 is 17.5 Å². The summed E-state index contributed by atoms with van der Waals surface area (Å²) in [7, 11) is 0. The van der Waals surface area contributed by atoms with Crippen molar-refractivity contribution in [2.45, 2.75) is 125 Å². The van der Waals surface area contributed by atoms with Crippen molar-refractivity contribution in [3.8, 4) is 0 Å². The lowest BCUT2D eigenvalue weighted by Crippen LogP contribution is -2.69. The molecule has 0 radical (unpaired) electrons. The van der Waals surface area contributed by atoms with E-state index in [1.54, 1.807) is 0 Å². The zero-order valence-corrected chi connectivity index (χ0v) is 22.8. The molecule has 5 aliphatic rings. The maximum Gasteiger partial charge on any atom is 0.310 e. The molecule has 10 atom stereocenters. The fourth-order valence-corrected chi connectivity index (χ4v) is 11.4.